The Morgan fingerprint density at radius 2 is 1.96 bits per heavy atom. The van der Waals surface area contributed by atoms with Gasteiger partial charge in [-0.1, -0.05) is 19.9 Å². The molecule has 1 aliphatic heterocycles. The largest absolute Gasteiger partial charge is 0.444 e. The van der Waals surface area contributed by atoms with Crippen molar-refractivity contribution >= 4 is 26.8 Å². The number of hydrogen-bond acceptors (Lipinski definition) is 6. The number of aromatic nitrogens is 1. The van der Waals surface area contributed by atoms with Crippen molar-refractivity contribution in [3.05, 3.63) is 40.8 Å². The highest BCUT2D eigenvalue weighted by atomic mass is 32.2. The van der Waals surface area contributed by atoms with Crippen molar-refractivity contribution in [1.29, 1.82) is 0 Å². The summed E-state index contributed by atoms with van der Waals surface area (Å²) in [5.74, 6) is -0.715. The highest BCUT2D eigenvalue weighted by Gasteiger charge is 2.35. The number of esters is 1. The molecule has 1 aromatic carbocycles. The van der Waals surface area contributed by atoms with Gasteiger partial charge in [0.2, 0.25) is 10.0 Å². The minimum absolute atomic E-state index is 0.0744. The van der Waals surface area contributed by atoms with Crippen molar-refractivity contribution in [3.63, 3.8) is 0 Å². The van der Waals surface area contributed by atoms with Crippen molar-refractivity contribution in [3.8, 4) is 0 Å². The second kappa shape index (κ2) is 6.82. The standard InChI is InChI=1S/C17H21N3O5S/c1-11(2)17(22)25-10-19-7-6-13-14(16(19)21)4-3-5-15(13)26(23,24)20-8-12(18)9-20/h3-7,11-12H,8-10,18H2,1-2H3. The molecule has 1 fully saturated rings. The zero-order chi connectivity index (χ0) is 19.1. The number of carbonyl (C=O) groups is 1. The molecule has 9 heteroatoms. The first-order valence-corrected chi connectivity index (χ1v) is 9.70. The highest BCUT2D eigenvalue weighted by Crippen LogP contribution is 2.26. The Bertz CT molecular complexity index is 1010. The lowest BCUT2D eigenvalue weighted by atomic mass is 10.2. The molecule has 2 heterocycles. The van der Waals surface area contributed by atoms with Gasteiger partial charge in [-0.2, -0.15) is 4.31 Å². The summed E-state index contributed by atoms with van der Waals surface area (Å²) < 4.78 is 33.1. The number of carbonyl (C=O) groups excluding carboxylic acids is 1. The molecule has 0 saturated carbocycles. The number of nitrogens with zero attached hydrogens (tertiary/aromatic N) is 2. The molecule has 140 valence electrons. The van der Waals surface area contributed by atoms with Crippen LogP contribution in [0.4, 0.5) is 0 Å². The molecule has 3 rings (SSSR count). The summed E-state index contributed by atoms with van der Waals surface area (Å²) in [4.78, 5) is 24.3. The SMILES string of the molecule is CC(C)C(=O)OCn1ccc2c(S(=O)(=O)N3CC(N)C3)cccc2c1=O. The molecule has 1 aromatic heterocycles. The van der Waals surface area contributed by atoms with Gasteiger partial charge in [-0.25, -0.2) is 8.42 Å². The van der Waals surface area contributed by atoms with E-state index in [4.69, 9.17) is 10.5 Å². The molecule has 0 atom stereocenters. The number of fused-ring (bicyclic) bond motifs is 1. The van der Waals surface area contributed by atoms with E-state index in [2.05, 4.69) is 0 Å². The first kappa shape index (κ1) is 18.6. The van der Waals surface area contributed by atoms with E-state index in [1.54, 1.807) is 26.0 Å². The van der Waals surface area contributed by atoms with Gasteiger partial charge in [-0.3, -0.25) is 14.2 Å². The van der Waals surface area contributed by atoms with Crippen LogP contribution in [0, 0.1) is 5.92 Å². The predicted molar refractivity (Wildman–Crippen MR) is 95.9 cm³/mol. The maximum atomic E-state index is 12.8. The van der Waals surface area contributed by atoms with E-state index in [1.165, 1.54) is 27.2 Å². The molecule has 2 N–H and O–H groups in total. The summed E-state index contributed by atoms with van der Waals surface area (Å²) in [5.41, 5.74) is 5.26. The fraction of sp³-hybridized carbons (Fsp3) is 0.412. The zero-order valence-electron chi connectivity index (χ0n) is 14.6. The number of pyridine rings is 1. The first-order valence-electron chi connectivity index (χ1n) is 8.26. The Kier molecular flexibility index (Phi) is 4.87. The molecule has 0 amide bonds. The van der Waals surface area contributed by atoms with Crippen LogP contribution in [0.5, 0.6) is 0 Å². The van der Waals surface area contributed by atoms with E-state index in [0.717, 1.165) is 0 Å². The molecule has 8 nitrogen and oxygen atoms in total. The van der Waals surface area contributed by atoms with Gasteiger partial charge in [-0.15, -0.1) is 0 Å². The highest BCUT2D eigenvalue weighted by molar-refractivity contribution is 7.89. The minimum Gasteiger partial charge on any atom is -0.444 e. The van der Waals surface area contributed by atoms with Crippen LogP contribution in [-0.4, -0.2) is 42.4 Å². The molecule has 0 aliphatic carbocycles. The van der Waals surface area contributed by atoms with E-state index in [0.29, 0.717) is 5.39 Å². The lowest BCUT2D eigenvalue weighted by molar-refractivity contribution is -0.151. The molecule has 26 heavy (non-hydrogen) atoms. The quantitative estimate of drug-likeness (QED) is 0.757. The summed E-state index contributed by atoms with van der Waals surface area (Å²) in [6.07, 6.45) is 1.43. The average molecular weight is 379 g/mol. The van der Waals surface area contributed by atoms with Gasteiger partial charge in [0.05, 0.1) is 10.8 Å². The monoisotopic (exact) mass is 379 g/mol. The molecule has 2 aromatic rings. The number of rotatable bonds is 5. The van der Waals surface area contributed by atoms with Crippen molar-refractivity contribution in [1.82, 2.24) is 8.87 Å². The lowest BCUT2D eigenvalue weighted by Crippen LogP contribution is -2.57. The topological polar surface area (TPSA) is 112 Å². The van der Waals surface area contributed by atoms with Gasteiger partial charge in [0, 0.05) is 36.1 Å². The van der Waals surface area contributed by atoms with Gasteiger partial charge in [0.15, 0.2) is 6.73 Å². The second-order valence-electron chi connectivity index (χ2n) is 6.64. The minimum atomic E-state index is -3.71. The number of nitrogens with two attached hydrogens (primary N) is 1. The molecule has 0 unspecified atom stereocenters. The Hall–Kier alpha value is -2.23. The molecule has 0 spiro atoms. The summed E-state index contributed by atoms with van der Waals surface area (Å²) in [6, 6.07) is 5.95. The van der Waals surface area contributed by atoms with E-state index in [-0.39, 0.29) is 42.1 Å². The van der Waals surface area contributed by atoms with Gasteiger partial charge in [0.25, 0.3) is 5.56 Å². The van der Waals surface area contributed by atoms with Crippen LogP contribution in [0.2, 0.25) is 0 Å². The number of hydrogen-bond donors (Lipinski definition) is 1. The van der Waals surface area contributed by atoms with Crippen molar-refractivity contribution in [2.24, 2.45) is 11.7 Å². The third-order valence-electron chi connectivity index (χ3n) is 4.29. The van der Waals surface area contributed by atoms with Crippen LogP contribution in [0.3, 0.4) is 0 Å². The number of benzene rings is 1. The smallest absolute Gasteiger partial charge is 0.310 e. The van der Waals surface area contributed by atoms with Crippen LogP contribution in [-0.2, 0) is 26.3 Å². The number of ether oxygens (including phenoxy) is 1. The van der Waals surface area contributed by atoms with E-state index in [1.807, 2.05) is 0 Å². The van der Waals surface area contributed by atoms with Crippen molar-refractivity contribution < 1.29 is 17.9 Å². The summed E-state index contributed by atoms with van der Waals surface area (Å²) >= 11 is 0. The van der Waals surface area contributed by atoms with Gasteiger partial charge in [0.1, 0.15) is 0 Å². The first-order chi connectivity index (χ1) is 12.2. The van der Waals surface area contributed by atoms with Crippen LogP contribution in [0.25, 0.3) is 10.8 Å². The molecular formula is C17H21N3O5S. The van der Waals surface area contributed by atoms with Gasteiger partial charge in [-0.05, 0) is 18.2 Å². The van der Waals surface area contributed by atoms with Crippen molar-refractivity contribution in [2.75, 3.05) is 13.1 Å². The Labute approximate surface area is 151 Å². The fourth-order valence-electron chi connectivity index (χ4n) is 2.72. The molecule has 1 aliphatic rings. The summed E-state index contributed by atoms with van der Waals surface area (Å²) in [7, 11) is -3.71. The summed E-state index contributed by atoms with van der Waals surface area (Å²) in [6.45, 7) is 3.71. The fourth-order valence-corrected chi connectivity index (χ4v) is 4.48. The van der Waals surface area contributed by atoms with Gasteiger partial charge >= 0.3 is 5.97 Å². The number of sulfonamides is 1. The Balaban J connectivity index is 1.98. The molecule has 0 radical (unpaired) electrons. The maximum Gasteiger partial charge on any atom is 0.310 e. The van der Waals surface area contributed by atoms with Crippen LogP contribution in [0.1, 0.15) is 13.8 Å². The molecular weight excluding hydrogens is 358 g/mol. The Morgan fingerprint density at radius 3 is 2.58 bits per heavy atom. The molecule has 1 saturated heterocycles. The van der Waals surface area contributed by atoms with Crippen LogP contribution < -0.4 is 11.3 Å². The normalized spacial score (nSPS) is 16.0. The summed E-state index contributed by atoms with van der Waals surface area (Å²) in [5, 5.41) is 0.586. The third kappa shape index (κ3) is 3.25. The molecule has 0 bridgehead atoms. The van der Waals surface area contributed by atoms with E-state index in [9.17, 15) is 18.0 Å². The zero-order valence-corrected chi connectivity index (χ0v) is 15.4. The van der Waals surface area contributed by atoms with E-state index < -0.39 is 21.6 Å². The third-order valence-corrected chi connectivity index (χ3v) is 6.18. The van der Waals surface area contributed by atoms with Crippen molar-refractivity contribution in [2.45, 2.75) is 31.5 Å². The van der Waals surface area contributed by atoms with Gasteiger partial charge < -0.3 is 10.5 Å². The lowest BCUT2D eigenvalue weighted by Gasteiger charge is -2.35. The predicted octanol–water partition coefficient (Wildman–Crippen LogP) is 0.490. The second-order valence-corrected chi connectivity index (χ2v) is 8.54. The maximum absolute atomic E-state index is 12.8. The Morgan fingerprint density at radius 1 is 1.27 bits per heavy atom. The van der Waals surface area contributed by atoms with Crippen LogP contribution in [0.15, 0.2) is 40.2 Å². The van der Waals surface area contributed by atoms with E-state index >= 15 is 0 Å². The average Bonchev–Trinajstić information content (AvgIpc) is 2.57. The van der Waals surface area contributed by atoms with Crippen LogP contribution >= 0.6 is 0 Å².